The summed E-state index contributed by atoms with van der Waals surface area (Å²) in [5, 5.41) is 10.5. The second kappa shape index (κ2) is 10.2. The number of rotatable bonds is 7. The van der Waals surface area contributed by atoms with Gasteiger partial charge in [0.1, 0.15) is 6.26 Å². The van der Waals surface area contributed by atoms with Crippen molar-refractivity contribution in [3.05, 3.63) is 71.6 Å². The first-order valence-corrected chi connectivity index (χ1v) is 12.7. The van der Waals surface area contributed by atoms with Crippen molar-refractivity contribution in [1.82, 2.24) is 9.29 Å². The lowest BCUT2D eigenvalue weighted by atomic mass is 9.95. The average molecular weight is 475 g/mol. The van der Waals surface area contributed by atoms with E-state index in [1.807, 2.05) is 24.3 Å². The smallest absolute Gasteiger partial charge is 0.243 e. The van der Waals surface area contributed by atoms with Crippen molar-refractivity contribution in [1.29, 1.82) is 0 Å². The number of aliphatic hydroxyl groups excluding tert-OH is 1. The van der Waals surface area contributed by atoms with Gasteiger partial charge in [-0.05, 0) is 60.7 Å². The second-order valence-electron chi connectivity index (χ2n) is 8.19. The van der Waals surface area contributed by atoms with E-state index in [2.05, 4.69) is 4.98 Å². The number of halogens is 1. The highest BCUT2D eigenvalue weighted by atomic mass is 35.5. The van der Waals surface area contributed by atoms with Crippen molar-refractivity contribution in [3.63, 3.8) is 0 Å². The number of benzene rings is 2. The molecule has 1 aliphatic carbocycles. The van der Waals surface area contributed by atoms with Gasteiger partial charge in [0.05, 0.1) is 11.1 Å². The number of oxazole rings is 1. The van der Waals surface area contributed by atoms with Crippen LogP contribution in [0.4, 0.5) is 0 Å². The highest BCUT2D eigenvalue weighted by Crippen LogP contribution is 2.33. The van der Waals surface area contributed by atoms with Gasteiger partial charge in [-0.25, -0.2) is 13.4 Å². The van der Waals surface area contributed by atoms with Gasteiger partial charge >= 0.3 is 0 Å². The molecule has 3 aromatic rings. The topological polar surface area (TPSA) is 83.6 Å². The Kier molecular flexibility index (Phi) is 7.30. The van der Waals surface area contributed by atoms with Crippen LogP contribution in [0.5, 0.6) is 0 Å². The minimum Gasteiger partial charge on any atom is -0.445 e. The molecule has 1 saturated carbocycles. The summed E-state index contributed by atoms with van der Waals surface area (Å²) in [6, 6.07) is 13.6. The van der Waals surface area contributed by atoms with Crippen LogP contribution >= 0.6 is 11.6 Å². The Morgan fingerprint density at radius 3 is 2.41 bits per heavy atom. The van der Waals surface area contributed by atoms with Gasteiger partial charge in [0.2, 0.25) is 15.9 Å². The SMILES string of the molecule is O=S(=O)(c1ccc(Cl)cc1)N(Cc1ccc(-c2ncco2)cc1)[C@H]1CCCCC[C@@H]1CO. The fraction of sp³-hybridized carbons (Fsp3) is 0.375. The quantitative estimate of drug-likeness (QED) is 0.480. The molecule has 1 fully saturated rings. The first kappa shape index (κ1) is 23.0. The number of hydrogen-bond donors (Lipinski definition) is 1. The Hall–Kier alpha value is -2.19. The van der Waals surface area contributed by atoms with Crippen LogP contribution in [-0.2, 0) is 16.6 Å². The second-order valence-corrected chi connectivity index (χ2v) is 10.5. The van der Waals surface area contributed by atoms with Crippen LogP contribution in [0, 0.1) is 5.92 Å². The van der Waals surface area contributed by atoms with Crippen LogP contribution in [0.15, 0.2) is 70.3 Å². The molecule has 0 aliphatic heterocycles. The third-order valence-electron chi connectivity index (χ3n) is 6.12. The van der Waals surface area contributed by atoms with Crippen molar-refractivity contribution in [2.75, 3.05) is 6.61 Å². The van der Waals surface area contributed by atoms with E-state index in [0.717, 1.165) is 43.2 Å². The minimum absolute atomic E-state index is 0.0274. The van der Waals surface area contributed by atoms with Gasteiger partial charge in [-0.15, -0.1) is 0 Å². The first-order valence-electron chi connectivity index (χ1n) is 10.9. The fourth-order valence-electron chi connectivity index (χ4n) is 4.38. The molecule has 0 amide bonds. The molecule has 170 valence electrons. The zero-order valence-corrected chi connectivity index (χ0v) is 19.3. The molecule has 8 heteroatoms. The van der Waals surface area contributed by atoms with Crippen molar-refractivity contribution < 1.29 is 17.9 Å². The monoisotopic (exact) mass is 474 g/mol. The fourth-order valence-corrected chi connectivity index (χ4v) is 6.21. The molecule has 0 radical (unpaired) electrons. The van der Waals surface area contributed by atoms with Gasteiger partial charge in [-0.2, -0.15) is 4.31 Å². The molecule has 6 nitrogen and oxygen atoms in total. The normalized spacial score (nSPS) is 19.7. The summed E-state index contributed by atoms with van der Waals surface area (Å²) in [5.74, 6) is 0.428. The maximum Gasteiger partial charge on any atom is 0.243 e. The molecule has 1 heterocycles. The molecule has 2 aromatic carbocycles. The zero-order chi connectivity index (χ0) is 22.6. The number of aromatic nitrogens is 1. The molecule has 1 aromatic heterocycles. The molecular weight excluding hydrogens is 448 g/mol. The number of hydrogen-bond acceptors (Lipinski definition) is 5. The van der Waals surface area contributed by atoms with Crippen LogP contribution in [0.1, 0.15) is 37.7 Å². The van der Waals surface area contributed by atoms with E-state index in [9.17, 15) is 13.5 Å². The van der Waals surface area contributed by atoms with E-state index in [1.54, 1.807) is 34.8 Å². The highest BCUT2D eigenvalue weighted by molar-refractivity contribution is 7.89. The Morgan fingerprint density at radius 2 is 1.75 bits per heavy atom. The number of aliphatic hydroxyl groups is 1. The Bertz CT molecular complexity index is 1100. The van der Waals surface area contributed by atoms with Crippen molar-refractivity contribution in [2.45, 2.75) is 49.6 Å². The molecule has 4 rings (SSSR count). The predicted molar refractivity (Wildman–Crippen MR) is 124 cm³/mol. The number of sulfonamides is 1. The third-order valence-corrected chi connectivity index (χ3v) is 8.25. The summed E-state index contributed by atoms with van der Waals surface area (Å²) >= 11 is 5.99. The van der Waals surface area contributed by atoms with Gasteiger partial charge in [0.15, 0.2) is 0 Å². The average Bonchev–Trinajstić information content (AvgIpc) is 3.24. The summed E-state index contributed by atoms with van der Waals surface area (Å²) < 4.78 is 34.4. The van der Waals surface area contributed by atoms with Gasteiger partial charge in [0.25, 0.3) is 0 Å². The minimum atomic E-state index is -3.80. The lowest BCUT2D eigenvalue weighted by Crippen LogP contribution is -2.44. The van der Waals surface area contributed by atoms with Gasteiger partial charge in [0, 0.05) is 29.8 Å². The number of nitrogens with zero attached hydrogens (tertiary/aromatic N) is 2. The van der Waals surface area contributed by atoms with Crippen LogP contribution < -0.4 is 0 Å². The highest BCUT2D eigenvalue weighted by Gasteiger charge is 2.36. The zero-order valence-electron chi connectivity index (χ0n) is 17.7. The molecule has 32 heavy (non-hydrogen) atoms. The van der Waals surface area contributed by atoms with E-state index in [1.165, 1.54) is 6.26 Å². The van der Waals surface area contributed by atoms with Gasteiger partial charge in [-0.1, -0.05) is 43.0 Å². The molecule has 1 N–H and O–H groups in total. The first-order chi connectivity index (χ1) is 15.5. The maximum atomic E-state index is 13.8. The molecule has 0 bridgehead atoms. The van der Waals surface area contributed by atoms with Crippen LogP contribution in [-0.4, -0.2) is 35.5 Å². The Labute approximate surface area is 193 Å². The standard InChI is InChI=1S/C24H27ClN2O4S/c25-21-10-12-22(13-11-21)32(29,30)27(23-5-3-1-2-4-20(23)17-28)16-18-6-8-19(9-7-18)24-26-14-15-31-24/h6-15,20,23,28H,1-5,16-17H2/t20-,23+/m1/s1. The molecule has 1 aliphatic rings. The lowest BCUT2D eigenvalue weighted by Gasteiger charge is -2.35. The van der Waals surface area contributed by atoms with Crippen LogP contribution in [0.25, 0.3) is 11.5 Å². The van der Waals surface area contributed by atoms with Gasteiger partial charge in [-0.3, -0.25) is 0 Å². The Balaban J connectivity index is 1.69. The van der Waals surface area contributed by atoms with Crippen LogP contribution in [0.2, 0.25) is 5.02 Å². The maximum absolute atomic E-state index is 13.8. The third kappa shape index (κ3) is 5.07. The predicted octanol–water partition coefficient (Wildman–Crippen LogP) is 5.13. The van der Waals surface area contributed by atoms with Crippen molar-refractivity contribution in [2.24, 2.45) is 5.92 Å². The van der Waals surface area contributed by atoms with E-state index in [0.29, 0.717) is 10.9 Å². The lowest BCUT2D eigenvalue weighted by molar-refractivity contribution is 0.139. The van der Waals surface area contributed by atoms with Crippen molar-refractivity contribution >= 4 is 21.6 Å². The largest absolute Gasteiger partial charge is 0.445 e. The van der Waals surface area contributed by atoms with Crippen molar-refractivity contribution in [3.8, 4) is 11.5 Å². The van der Waals surface area contributed by atoms with E-state index < -0.39 is 10.0 Å². The summed E-state index contributed by atoms with van der Waals surface area (Å²) in [6.07, 6.45) is 7.64. The summed E-state index contributed by atoms with van der Waals surface area (Å²) in [4.78, 5) is 4.36. The van der Waals surface area contributed by atoms with Crippen LogP contribution in [0.3, 0.4) is 0 Å². The van der Waals surface area contributed by atoms with E-state index in [-0.39, 0.29) is 30.0 Å². The van der Waals surface area contributed by atoms with E-state index >= 15 is 0 Å². The van der Waals surface area contributed by atoms with Gasteiger partial charge < -0.3 is 9.52 Å². The molecule has 0 saturated heterocycles. The van der Waals surface area contributed by atoms with E-state index in [4.69, 9.17) is 16.0 Å². The molecular formula is C24H27ClN2O4S. The summed E-state index contributed by atoms with van der Waals surface area (Å²) in [7, 11) is -3.80. The Morgan fingerprint density at radius 1 is 1.03 bits per heavy atom. The molecule has 0 spiro atoms. The molecule has 0 unspecified atom stereocenters. The summed E-state index contributed by atoms with van der Waals surface area (Å²) in [6.45, 7) is 0.193. The summed E-state index contributed by atoms with van der Waals surface area (Å²) in [5.41, 5.74) is 1.69. The molecule has 2 atom stereocenters.